The van der Waals surface area contributed by atoms with Crippen LogP contribution in [0.15, 0.2) is 0 Å². The third kappa shape index (κ3) is 5.49. The molecule has 0 spiro atoms. The Morgan fingerprint density at radius 2 is 2.22 bits per heavy atom. The van der Waals surface area contributed by atoms with Gasteiger partial charge in [-0.3, -0.25) is 4.72 Å². The maximum atomic E-state index is 10.4. The predicted molar refractivity (Wildman–Crippen MR) is 40.4 cm³/mol. The van der Waals surface area contributed by atoms with Crippen LogP contribution in [0.5, 0.6) is 0 Å². The van der Waals surface area contributed by atoms with E-state index in [0.29, 0.717) is 12.5 Å². The summed E-state index contributed by atoms with van der Waals surface area (Å²) in [4.78, 5) is 10.4. The molecular formula is C5H12N2OS. The molecule has 2 amide bonds. The summed E-state index contributed by atoms with van der Waals surface area (Å²) in [5.74, 6) is 0.482. The van der Waals surface area contributed by atoms with E-state index in [9.17, 15) is 4.79 Å². The van der Waals surface area contributed by atoms with Crippen LogP contribution in [0.1, 0.15) is 13.8 Å². The first kappa shape index (κ1) is 8.62. The number of thiol groups is 1. The number of carbonyl (C=O) groups excluding carboxylic acids is 1. The smallest absolute Gasteiger partial charge is 0.324 e. The largest absolute Gasteiger partial charge is 0.337 e. The zero-order chi connectivity index (χ0) is 7.28. The highest BCUT2D eigenvalue weighted by Crippen LogP contribution is 1.85. The van der Waals surface area contributed by atoms with Crippen LogP contribution in [0.25, 0.3) is 0 Å². The van der Waals surface area contributed by atoms with Gasteiger partial charge in [0.1, 0.15) is 0 Å². The summed E-state index contributed by atoms with van der Waals surface area (Å²) in [7, 11) is 0. The first-order valence-electron chi connectivity index (χ1n) is 2.84. The Hall–Kier alpha value is -0.380. The Labute approximate surface area is 60.8 Å². The minimum Gasteiger partial charge on any atom is -0.337 e. The Balaban J connectivity index is 3.17. The van der Waals surface area contributed by atoms with Gasteiger partial charge in [-0.05, 0) is 5.92 Å². The molecule has 0 atom stereocenters. The first-order chi connectivity index (χ1) is 4.16. The maximum Gasteiger partial charge on any atom is 0.324 e. The SMILES string of the molecule is CC(C)CNC(=O)NS. The maximum absolute atomic E-state index is 10.4. The van der Waals surface area contributed by atoms with Crippen molar-refractivity contribution < 1.29 is 4.79 Å². The lowest BCUT2D eigenvalue weighted by Gasteiger charge is -2.04. The highest BCUT2D eigenvalue weighted by atomic mass is 32.1. The Kier molecular flexibility index (Phi) is 4.30. The molecule has 0 saturated heterocycles. The summed E-state index contributed by atoms with van der Waals surface area (Å²) >= 11 is 3.56. The van der Waals surface area contributed by atoms with E-state index in [4.69, 9.17) is 0 Å². The minimum atomic E-state index is -0.243. The van der Waals surface area contributed by atoms with Gasteiger partial charge in [0.05, 0.1) is 0 Å². The highest BCUT2D eigenvalue weighted by molar-refractivity contribution is 7.78. The van der Waals surface area contributed by atoms with E-state index >= 15 is 0 Å². The fourth-order valence-electron chi connectivity index (χ4n) is 0.336. The lowest BCUT2D eigenvalue weighted by Crippen LogP contribution is -2.32. The number of hydrogen-bond donors (Lipinski definition) is 3. The van der Waals surface area contributed by atoms with Gasteiger partial charge in [-0.2, -0.15) is 0 Å². The number of urea groups is 1. The van der Waals surface area contributed by atoms with Crippen molar-refractivity contribution >= 4 is 18.8 Å². The molecule has 0 aliphatic rings. The number of carbonyl (C=O) groups is 1. The monoisotopic (exact) mass is 148 g/mol. The molecule has 0 radical (unpaired) electrons. The number of rotatable bonds is 2. The van der Waals surface area contributed by atoms with Gasteiger partial charge in [0.25, 0.3) is 0 Å². The highest BCUT2D eigenvalue weighted by Gasteiger charge is 1.96. The van der Waals surface area contributed by atoms with Crippen LogP contribution >= 0.6 is 12.8 Å². The molecule has 0 rings (SSSR count). The Bertz CT molecular complexity index is 95.0. The quantitative estimate of drug-likeness (QED) is 0.498. The minimum absolute atomic E-state index is 0.243. The number of amides is 2. The molecule has 3 nitrogen and oxygen atoms in total. The first-order valence-corrected chi connectivity index (χ1v) is 3.29. The topological polar surface area (TPSA) is 41.1 Å². The van der Waals surface area contributed by atoms with E-state index in [-0.39, 0.29) is 6.03 Å². The zero-order valence-corrected chi connectivity index (χ0v) is 6.53. The van der Waals surface area contributed by atoms with Gasteiger partial charge in [-0.25, -0.2) is 4.79 Å². The van der Waals surface area contributed by atoms with Crippen molar-refractivity contribution in [3.8, 4) is 0 Å². The molecule has 0 fully saturated rings. The molecule has 0 bridgehead atoms. The van der Waals surface area contributed by atoms with Crippen molar-refractivity contribution in [3.63, 3.8) is 0 Å². The van der Waals surface area contributed by atoms with Gasteiger partial charge in [0.15, 0.2) is 0 Å². The Morgan fingerprint density at radius 1 is 1.67 bits per heavy atom. The molecule has 0 aromatic heterocycles. The molecule has 0 aromatic carbocycles. The van der Waals surface area contributed by atoms with Gasteiger partial charge in [-0.15, -0.1) is 0 Å². The zero-order valence-electron chi connectivity index (χ0n) is 5.64. The van der Waals surface area contributed by atoms with E-state index in [1.807, 2.05) is 13.8 Å². The van der Waals surface area contributed by atoms with Crippen LogP contribution in [-0.4, -0.2) is 12.6 Å². The predicted octanol–water partition coefficient (Wildman–Crippen LogP) is 0.786. The van der Waals surface area contributed by atoms with Crippen LogP contribution in [0.4, 0.5) is 4.79 Å². The van der Waals surface area contributed by atoms with E-state index in [2.05, 4.69) is 22.9 Å². The van der Waals surface area contributed by atoms with Crippen molar-refractivity contribution in [2.45, 2.75) is 13.8 Å². The lowest BCUT2D eigenvalue weighted by molar-refractivity contribution is 0.245. The number of hydrogen-bond acceptors (Lipinski definition) is 2. The normalized spacial score (nSPS) is 9.33. The summed E-state index contributed by atoms with van der Waals surface area (Å²) in [6.07, 6.45) is 0. The second kappa shape index (κ2) is 4.49. The summed E-state index contributed by atoms with van der Waals surface area (Å²) in [5.41, 5.74) is 0. The molecular weight excluding hydrogens is 136 g/mol. The summed E-state index contributed by atoms with van der Waals surface area (Å²) in [5, 5.41) is 2.61. The van der Waals surface area contributed by atoms with Gasteiger partial charge in [0, 0.05) is 6.54 Å². The molecule has 0 unspecified atom stereocenters. The molecule has 2 N–H and O–H groups in total. The van der Waals surface area contributed by atoms with Crippen LogP contribution in [-0.2, 0) is 0 Å². The van der Waals surface area contributed by atoms with E-state index in [1.165, 1.54) is 0 Å². The Morgan fingerprint density at radius 3 is 2.56 bits per heavy atom. The van der Waals surface area contributed by atoms with Crippen molar-refractivity contribution in [2.24, 2.45) is 5.92 Å². The van der Waals surface area contributed by atoms with Gasteiger partial charge in [-0.1, -0.05) is 26.7 Å². The average molecular weight is 148 g/mol. The van der Waals surface area contributed by atoms with Gasteiger partial charge < -0.3 is 5.32 Å². The van der Waals surface area contributed by atoms with Crippen LogP contribution in [0.2, 0.25) is 0 Å². The summed E-state index contributed by atoms with van der Waals surface area (Å²) < 4.78 is 2.16. The second-order valence-electron chi connectivity index (χ2n) is 2.22. The van der Waals surface area contributed by atoms with Gasteiger partial charge in [0.2, 0.25) is 0 Å². The molecule has 4 heteroatoms. The van der Waals surface area contributed by atoms with Crippen LogP contribution < -0.4 is 10.0 Å². The van der Waals surface area contributed by atoms with Crippen molar-refractivity contribution in [1.82, 2.24) is 10.0 Å². The van der Waals surface area contributed by atoms with Gasteiger partial charge >= 0.3 is 6.03 Å². The molecule has 0 aromatic rings. The van der Waals surface area contributed by atoms with Crippen LogP contribution in [0.3, 0.4) is 0 Å². The van der Waals surface area contributed by atoms with Crippen molar-refractivity contribution in [3.05, 3.63) is 0 Å². The molecule has 0 heterocycles. The third-order valence-electron chi connectivity index (χ3n) is 0.772. The van der Waals surface area contributed by atoms with Crippen LogP contribution in [0, 0.1) is 5.92 Å². The summed E-state index contributed by atoms with van der Waals surface area (Å²) in [6.45, 7) is 4.74. The standard InChI is InChI=1S/C5H12N2OS/c1-4(2)3-6-5(8)7-9/h4,9H,3H2,1-2H3,(H2,6,7,8). The fourth-order valence-corrected chi connectivity index (χ4v) is 0.415. The van der Waals surface area contributed by atoms with Crippen molar-refractivity contribution in [2.75, 3.05) is 6.54 Å². The average Bonchev–Trinajstić information content (AvgIpc) is 1.83. The fraction of sp³-hybridized carbons (Fsp3) is 0.800. The molecule has 0 saturated carbocycles. The summed E-state index contributed by atoms with van der Waals surface area (Å²) in [6, 6.07) is -0.243. The van der Waals surface area contributed by atoms with E-state index < -0.39 is 0 Å². The molecule has 54 valence electrons. The van der Waals surface area contributed by atoms with E-state index in [0.717, 1.165) is 0 Å². The van der Waals surface area contributed by atoms with Crippen molar-refractivity contribution in [1.29, 1.82) is 0 Å². The second-order valence-corrected chi connectivity index (χ2v) is 2.44. The molecule has 0 aliphatic heterocycles. The molecule has 0 aliphatic carbocycles. The number of nitrogens with one attached hydrogen (secondary N) is 2. The lowest BCUT2D eigenvalue weighted by atomic mass is 10.2. The van der Waals surface area contributed by atoms with E-state index in [1.54, 1.807) is 0 Å². The third-order valence-corrected chi connectivity index (χ3v) is 0.976. The molecule has 9 heavy (non-hydrogen) atoms.